The molecule has 2 heterocycles. The maximum atomic E-state index is 11.6. The van der Waals surface area contributed by atoms with Gasteiger partial charge in [0.15, 0.2) is 0 Å². The van der Waals surface area contributed by atoms with Crippen molar-refractivity contribution in [2.45, 2.75) is 45.1 Å². The molecule has 1 N–H and O–H groups in total. The van der Waals surface area contributed by atoms with Crippen LogP contribution in [0, 0.1) is 5.92 Å². The lowest BCUT2D eigenvalue weighted by atomic mass is 9.77. The molecule has 0 saturated carbocycles. The first-order chi connectivity index (χ1) is 7.52. The first kappa shape index (κ1) is 11.2. The average Bonchev–Trinajstić information content (AvgIpc) is 2.75. The van der Waals surface area contributed by atoms with Crippen LogP contribution >= 0.6 is 0 Å². The van der Waals surface area contributed by atoms with Crippen molar-refractivity contribution in [2.24, 2.45) is 5.92 Å². The van der Waals surface area contributed by atoms with Gasteiger partial charge in [0.05, 0.1) is 11.7 Å². The summed E-state index contributed by atoms with van der Waals surface area (Å²) >= 11 is 0. The van der Waals surface area contributed by atoms with Gasteiger partial charge < -0.3 is 9.73 Å². The molecule has 2 rings (SSSR count). The quantitative estimate of drug-likeness (QED) is 0.852. The Balaban J connectivity index is 2.26. The van der Waals surface area contributed by atoms with Crippen LogP contribution in [0.15, 0.2) is 22.8 Å². The van der Waals surface area contributed by atoms with E-state index in [9.17, 15) is 4.79 Å². The van der Waals surface area contributed by atoms with Gasteiger partial charge in [0.25, 0.3) is 0 Å². The second-order valence-electron chi connectivity index (χ2n) is 5.32. The number of furan rings is 1. The van der Waals surface area contributed by atoms with E-state index in [1.807, 2.05) is 12.1 Å². The predicted octanol–water partition coefficient (Wildman–Crippen LogP) is 2.47. The zero-order valence-corrected chi connectivity index (χ0v) is 10.1. The second-order valence-corrected chi connectivity index (χ2v) is 5.32. The summed E-state index contributed by atoms with van der Waals surface area (Å²) in [5.74, 6) is 1.61. The largest absolute Gasteiger partial charge is 0.469 e. The van der Waals surface area contributed by atoms with Gasteiger partial charge in [0, 0.05) is 12.5 Å². The number of hydrogen-bond acceptors (Lipinski definition) is 2. The molecule has 0 spiro atoms. The Hall–Kier alpha value is -1.25. The third-order valence-corrected chi connectivity index (χ3v) is 3.42. The van der Waals surface area contributed by atoms with Crippen LogP contribution in [0.1, 0.15) is 39.4 Å². The molecule has 1 saturated heterocycles. The Morgan fingerprint density at radius 3 is 2.94 bits per heavy atom. The Labute approximate surface area is 96.2 Å². The van der Waals surface area contributed by atoms with Crippen molar-refractivity contribution >= 4 is 5.91 Å². The fraction of sp³-hybridized carbons (Fsp3) is 0.615. The Morgan fingerprint density at radius 1 is 1.62 bits per heavy atom. The maximum Gasteiger partial charge on any atom is 0.221 e. The summed E-state index contributed by atoms with van der Waals surface area (Å²) in [7, 11) is 0. The SMILES string of the molecule is CC(C)CC1NC(=O)CC1(C)c1ccco1. The van der Waals surface area contributed by atoms with E-state index in [-0.39, 0.29) is 17.4 Å². The van der Waals surface area contributed by atoms with Crippen LogP contribution in [-0.4, -0.2) is 11.9 Å². The number of rotatable bonds is 3. The Bertz CT molecular complexity index is 369. The number of amides is 1. The lowest BCUT2D eigenvalue weighted by Crippen LogP contribution is -2.39. The van der Waals surface area contributed by atoms with E-state index >= 15 is 0 Å². The lowest BCUT2D eigenvalue weighted by molar-refractivity contribution is -0.119. The summed E-state index contributed by atoms with van der Waals surface area (Å²) in [6.07, 6.45) is 3.19. The zero-order chi connectivity index (χ0) is 11.8. The Kier molecular flexibility index (Phi) is 2.78. The Morgan fingerprint density at radius 2 is 2.38 bits per heavy atom. The van der Waals surface area contributed by atoms with Crippen molar-refractivity contribution in [1.82, 2.24) is 5.32 Å². The van der Waals surface area contributed by atoms with E-state index in [4.69, 9.17) is 4.42 Å². The highest BCUT2D eigenvalue weighted by molar-refractivity contribution is 5.81. The van der Waals surface area contributed by atoms with Crippen molar-refractivity contribution in [3.8, 4) is 0 Å². The van der Waals surface area contributed by atoms with Crippen LogP contribution in [-0.2, 0) is 10.2 Å². The molecular formula is C13H19NO2. The standard InChI is InChI=1S/C13H19NO2/c1-9(2)7-10-13(3,8-12(15)14-10)11-5-4-6-16-11/h4-6,9-10H,7-8H2,1-3H3,(H,14,15). The second kappa shape index (κ2) is 3.96. The maximum absolute atomic E-state index is 11.6. The number of hydrogen-bond donors (Lipinski definition) is 1. The highest BCUT2D eigenvalue weighted by Crippen LogP contribution is 2.38. The van der Waals surface area contributed by atoms with Crippen molar-refractivity contribution < 1.29 is 9.21 Å². The van der Waals surface area contributed by atoms with Crippen LogP contribution in [0.4, 0.5) is 0 Å². The predicted molar refractivity (Wildman–Crippen MR) is 62.1 cm³/mol. The van der Waals surface area contributed by atoms with Crippen LogP contribution < -0.4 is 5.32 Å². The third-order valence-electron chi connectivity index (χ3n) is 3.42. The normalized spacial score (nSPS) is 29.8. The highest BCUT2D eigenvalue weighted by Gasteiger charge is 2.46. The average molecular weight is 221 g/mol. The molecule has 1 amide bonds. The van der Waals surface area contributed by atoms with Crippen LogP contribution in [0.3, 0.4) is 0 Å². The molecule has 2 unspecified atom stereocenters. The summed E-state index contributed by atoms with van der Waals surface area (Å²) in [5.41, 5.74) is -0.190. The molecule has 0 radical (unpaired) electrons. The van der Waals surface area contributed by atoms with Crippen LogP contribution in [0.2, 0.25) is 0 Å². The molecule has 1 aliphatic heterocycles. The summed E-state index contributed by atoms with van der Waals surface area (Å²) < 4.78 is 5.49. The monoisotopic (exact) mass is 221 g/mol. The van der Waals surface area contributed by atoms with Crippen LogP contribution in [0.25, 0.3) is 0 Å². The molecule has 0 aromatic carbocycles. The van der Waals surface area contributed by atoms with Gasteiger partial charge in [-0.15, -0.1) is 0 Å². The van der Waals surface area contributed by atoms with Gasteiger partial charge in [-0.25, -0.2) is 0 Å². The van der Waals surface area contributed by atoms with E-state index in [0.29, 0.717) is 12.3 Å². The summed E-state index contributed by atoms with van der Waals surface area (Å²) in [6, 6.07) is 4.04. The first-order valence-electron chi connectivity index (χ1n) is 5.85. The topological polar surface area (TPSA) is 42.2 Å². The van der Waals surface area contributed by atoms with Gasteiger partial charge in [0.1, 0.15) is 5.76 Å². The summed E-state index contributed by atoms with van der Waals surface area (Å²) in [6.45, 7) is 6.46. The fourth-order valence-corrected chi connectivity index (χ4v) is 2.51. The molecule has 3 heteroatoms. The molecule has 3 nitrogen and oxygen atoms in total. The minimum absolute atomic E-state index is 0.129. The van der Waals surface area contributed by atoms with Crippen molar-refractivity contribution in [1.29, 1.82) is 0 Å². The molecule has 1 aliphatic rings. The van der Waals surface area contributed by atoms with E-state index in [2.05, 4.69) is 26.1 Å². The number of nitrogens with one attached hydrogen (secondary N) is 1. The van der Waals surface area contributed by atoms with Gasteiger partial charge in [0.2, 0.25) is 5.91 Å². The summed E-state index contributed by atoms with van der Waals surface area (Å²) in [4.78, 5) is 11.6. The molecule has 1 fully saturated rings. The van der Waals surface area contributed by atoms with Gasteiger partial charge in [-0.3, -0.25) is 4.79 Å². The van der Waals surface area contributed by atoms with E-state index in [0.717, 1.165) is 12.2 Å². The molecule has 1 aromatic heterocycles. The third kappa shape index (κ3) is 1.86. The molecule has 0 bridgehead atoms. The fourth-order valence-electron chi connectivity index (χ4n) is 2.51. The van der Waals surface area contributed by atoms with Gasteiger partial charge in [-0.1, -0.05) is 13.8 Å². The van der Waals surface area contributed by atoms with Crippen molar-refractivity contribution in [3.05, 3.63) is 24.2 Å². The van der Waals surface area contributed by atoms with Gasteiger partial charge in [-0.2, -0.15) is 0 Å². The lowest BCUT2D eigenvalue weighted by Gasteiger charge is -2.29. The van der Waals surface area contributed by atoms with E-state index < -0.39 is 0 Å². The van der Waals surface area contributed by atoms with Crippen LogP contribution in [0.5, 0.6) is 0 Å². The highest BCUT2D eigenvalue weighted by atomic mass is 16.3. The minimum Gasteiger partial charge on any atom is -0.469 e. The van der Waals surface area contributed by atoms with Gasteiger partial charge in [-0.05, 0) is 31.4 Å². The van der Waals surface area contributed by atoms with Gasteiger partial charge >= 0.3 is 0 Å². The first-order valence-corrected chi connectivity index (χ1v) is 5.85. The van der Waals surface area contributed by atoms with E-state index in [1.165, 1.54) is 0 Å². The molecular weight excluding hydrogens is 202 g/mol. The molecule has 0 aliphatic carbocycles. The molecule has 1 aromatic rings. The molecule has 16 heavy (non-hydrogen) atoms. The van der Waals surface area contributed by atoms with Crippen molar-refractivity contribution in [2.75, 3.05) is 0 Å². The molecule has 2 atom stereocenters. The summed E-state index contributed by atoms with van der Waals surface area (Å²) in [5, 5.41) is 3.07. The van der Waals surface area contributed by atoms with Crippen molar-refractivity contribution in [3.63, 3.8) is 0 Å². The number of carbonyl (C=O) groups is 1. The molecule has 88 valence electrons. The number of carbonyl (C=O) groups excluding carboxylic acids is 1. The zero-order valence-electron chi connectivity index (χ0n) is 10.1. The van der Waals surface area contributed by atoms with E-state index in [1.54, 1.807) is 6.26 Å². The smallest absolute Gasteiger partial charge is 0.221 e. The minimum atomic E-state index is -0.190.